The molecule has 2 rings (SSSR count). The fraction of sp³-hybridized carbons (Fsp3) is 0.571. The van der Waals surface area contributed by atoms with Crippen molar-refractivity contribution in [2.45, 2.75) is 25.4 Å². The minimum Gasteiger partial charge on any atom is -0.497 e. The summed E-state index contributed by atoms with van der Waals surface area (Å²) in [5, 5.41) is 3.20. The highest BCUT2D eigenvalue weighted by molar-refractivity contribution is 7.87. The van der Waals surface area contributed by atoms with E-state index >= 15 is 0 Å². The molecule has 1 atom stereocenters. The van der Waals surface area contributed by atoms with Crippen molar-refractivity contribution in [2.24, 2.45) is 0 Å². The lowest BCUT2D eigenvalue weighted by Crippen LogP contribution is -2.49. The molecule has 118 valence electrons. The van der Waals surface area contributed by atoms with E-state index < -0.39 is 10.2 Å². The van der Waals surface area contributed by atoms with E-state index in [0.29, 0.717) is 13.1 Å². The van der Waals surface area contributed by atoms with Gasteiger partial charge < -0.3 is 10.1 Å². The molecule has 1 aliphatic rings. The zero-order valence-electron chi connectivity index (χ0n) is 12.5. The molecular formula is C14H23N3O3S. The number of benzene rings is 1. The van der Waals surface area contributed by atoms with Gasteiger partial charge >= 0.3 is 0 Å². The molecule has 0 saturated carbocycles. The summed E-state index contributed by atoms with van der Waals surface area (Å²) in [6.45, 7) is 1.96. The third-order valence-corrected chi connectivity index (χ3v) is 5.14. The van der Waals surface area contributed by atoms with E-state index in [1.165, 1.54) is 4.31 Å². The largest absolute Gasteiger partial charge is 0.497 e. The van der Waals surface area contributed by atoms with Gasteiger partial charge in [0.25, 0.3) is 10.2 Å². The van der Waals surface area contributed by atoms with E-state index in [9.17, 15) is 8.42 Å². The first-order chi connectivity index (χ1) is 10.0. The van der Waals surface area contributed by atoms with Crippen LogP contribution in [0.5, 0.6) is 5.75 Å². The fourth-order valence-electron chi connectivity index (χ4n) is 2.37. The average Bonchev–Trinajstić information content (AvgIpc) is 2.48. The lowest BCUT2D eigenvalue weighted by Gasteiger charge is -2.26. The molecule has 1 aromatic carbocycles. The van der Waals surface area contributed by atoms with Crippen LogP contribution in [0.3, 0.4) is 0 Å². The molecule has 0 unspecified atom stereocenters. The summed E-state index contributed by atoms with van der Waals surface area (Å²) in [4.78, 5) is 0. The zero-order chi connectivity index (χ0) is 15.3. The highest BCUT2D eigenvalue weighted by Crippen LogP contribution is 2.15. The van der Waals surface area contributed by atoms with Crippen molar-refractivity contribution in [2.75, 3.05) is 27.2 Å². The van der Waals surface area contributed by atoms with E-state index in [2.05, 4.69) is 10.0 Å². The first-order valence-electron chi connectivity index (χ1n) is 7.08. The standard InChI is InChI=1S/C14H23N3O3S/c1-17(11-12-5-3-7-14(9-12)20-2)21(18,19)16-13-6-4-8-15-10-13/h3,5,7,9,13,15-16H,4,6,8,10-11H2,1-2H3/t13-/m1/s1. The number of methoxy groups -OCH3 is 1. The number of rotatable bonds is 6. The van der Waals surface area contributed by atoms with Crippen LogP contribution in [0.25, 0.3) is 0 Å². The SMILES string of the molecule is COc1cccc(CN(C)S(=O)(=O)N[C@@H]2CCCNC2)c1. The zero-order valence-corrected chi connectivity index (χ0v) is 13.3. The van der Waals surface area contributed by atoms with Gasteiger partial charge in [-0.15, -0.1) is 0 Å². The van der Waals surface area contributed by atoms with Crippen LogP contribution >= 0.6 is 0 Å². The van der Waals surface area contributed by atoms with Gasteiger partial charge in [0, 0.05) is 26.2 Å². The van der Waals surface area contributed by atoms with Gasteiger partial charge in [-0.25, -0.2) is 0 Å². The molecule has 1 aromatic rings. The monoisotopic (exact) mass is 313 g/mol. The number of hydrogen-bond donors (Lipinski definition) is 2. The molecule has 0 spiro atoms. The molecule has 2 N–H and O–H groups in total. The highest BCUT2D eigenvalue weighted by atomic mass is 32.2. The summed E-state index contributed by atoms with van der Waals surface area (Å²) in [5.74, 6) is 0.725. The predicted octanol–water partition coefficient (Wildman–Crippen LogP) is 0.713. The minimum absolute atomic E-state index is 0.0310. The maximum Gasteiger partial charge on any atom is 0.279 e. The van der Waals surface area contributed by atoms with Gasteiger partial charge in [-0.3, -0.25) is 0 Å². The van der Waals surface area contributed by atoms with Gasteiger partial charge in [-0.05, 0) is 37.1 Å². The third kappa shape index (κ3) is 4.67. The van der Waals surface area contributed by atoms with E-state index in [1.54, 1.807) is 14.2 Å². The third-order valence-electron chi connectivity index (χ3n) is 3.56. The molecule has 0 radical (unpaired) electrons. The molecule has 6 nitrogen and oxygen atoms in total. The van der Waals surface area contributed by atoms with Crippen molar-refractivity contribution in [3.05, 3.63) is 29.8 Å². The molecule has 1 aliphatic heterocycles. The smallest absolute Gasteiger partial charge is 0.279 e. The summed E-state index contributed by atoms with van der Waals surface area (Å²) >= 11 is 0. The van der Waals surface area contributed by atoms with Crippen LogP contribution in [0.1, 0.15) is 18.4 Å². The van der Waals surface area contributed by atoms with Crippen LogP contribution in [0, 0.1) is 0 Å². The second-order valence-corrected chi connectivity index (χ2v) is 7.08. The maximum atomic E-state index is 12.3. The van der Waals surface area contributed by atoms with Crippen LogP contribution in [0.4, 0.5) is 0 Å². The van der Waals surface area contributed by atoms with Crippen molar-refractivity contribution in [1.82, 2.24) is 14.3 Å². The minimum atomic E-state index is -3.48. The molecule has 1 fully saturated rings. The Morgan fingerprint density at radius 3 is 2.95 bits per heavy atom. The number of nitrogens with one attached hydrogen (secondary N) is 2. The molecule has 0 aliphatic carbocycles. The number of nitrogens with zero attached hydrogens (tertiary/aromatic N) is 1. The molecular weight excluding hydrogens is 290 g/mol. The highest BCUT2D eigenvalue weighted by Gasteiger charge is 2.23. The number of piperidine rings is 1. The van der Waals surface area contributed by atoms with Crippen LogP contribution in [0.15, 0.2) is 24.3 Å². The second kappa shape index (κ2) is 7.22. The second-order valence-electron chi connectivity index (χ2n) is 5.27. The summed E-state index contributed by atoms with van der Waals surface area (Å²) in [5.41, 5.74) is 0.893. The molecule has 0 bridgehead atoms. The lowest BCUT2D eigenvalue weighted by molar-refractivity contribution is 0.399. The fourth-order valence-corrected chi connectivity index (χ4v) is 3.49. The number of hydrogen-bond acceptors (Lipinski definition) is 4. The van der Waals surface area contributed by atoms with Crippen molar-refractivity contribution in [3.63, 3.8) is 0 Å². The van der Waals surface area contributed by atoms with Gasteiger partial charge in [0.1, 0.15) is 5.75 Å². The number of ether oxygens (including phenoxy) is 1. The Kier molecular flexibility index (Phi) is 5.58. The summed E-state index contributed by atoms with van der Waals surface area (Å²) in [6.07, 6.45) is 1.87. The molecule has 7 heteroatoms. The van der Waals surface area contributed by atoms with E-state index in [4.69, 9.17) is 4.74 Å². The molecule has 1 heterocycles. The van der Waals surface area contributed by atoms with Crippen molar-refractivity contribution in [3.8, 4) is 5.75 Å². The van der Waals surface area contributed by atoms with Crippen molar-refractivity contribution in [1.29, 1.82) is 0 Å². The Balaban J connectivity index is 1.98. The van der Waals surface area contributed by atoms with Crippen LogP contribution in [0.2, 0.25) is 0 Å². The first-order valence-corrected chi connectivity index (χ1v) is 8.52. The van der Waals surface area contributed by atoms with Gasteiger partial charge in [0.05, 0.1) is 7.11 Å². The molecule has 21 heavy (non-hydrogen) atoms. The van der Waals surface area contributed by atoms with E-state index in [-0.39, 0.29) is 6.04 Å². The van der Waals surface area contributed by atoms with Crippen LogP contribution in [-0.4, -0.2) is 46.0 Å². The Bertz CT molecular complexity index is 556. The van der Waals surface area contributed by atoms with Gasteiger partial charge in [-0.1, -0.05) is 12.1 Å². The van der Waals surface area contributed by atoms with Crippen LogP contribution < -0.4 is 14.8 Å². The van der Waals surface area contributed by atoms with Crippen molar-refractivity contribution >= 4 is 10.2 Å². The summed E-state index contributed by atoms with van der Waals surface area (Å²) < 4.78 is 33.9. The summed E-state index contributed by atoms with van der Waals surface area (Å²) in [7, 11) is -0.299. The first kappa shape index (κ1) is 16.2. The Hall–Kier alpha value is -1.15. The quantitative estimate of drug-likeness (QED) is 0.811. The Morgan fingerprint density at radius 2 is 2.29 bits per heavy atom. The maximum absolute atomic E-state index is 12.3. The van der Waals surface area contributed by atoms with Crippen LogP contribution in [-0.2, 0) is 16.8 Å². The normalized spacial score (nSPS) is 19.7. The van der Waals surface area contributed by atoms with Gasteiger partial charge in [0.2, 0.25) is 0 Å². The van der Waals surface area contributed by atoms with Gasteiger partial charge in [-0.2, -0.15) is 17.4 Å². The van der Waals surface area contributed by atoms with Crippen molar-refractivity contribution < 1.29 is 13.2 Å². The molecule has 1 saturated heterocycles. The average molecular weight is 313 g/mol. The summed E-state index contributed by atoms with van der Waals surface area (Å²) in [6, 6.07) is 7.39. The Morgan fingerprint density at radius 1 is 1.48 bits per heavy atom. The van der Waals surface area contributed by atoms with E-state index in [1.807, 2.05) is 24.3 Å². The van der Waals surface area contributed by atoms with Gasteiger partial charge in [0.15, 0.2) is 0 Å². The molecule has 0 amide bonds. The lowest BCUT2D eigenvalue weighted by atomic mass is 10.1. The van der Waals surface area contributed by atoms with E-state index in [0.717, 1.165) is 30.7 Å². The molecule has 0 aromatic heterocycles. The predicted molar refractivity (Wildman–Crippen MR) is 82.4 cm³/mol. The Labute approximate surface area is 126 Å². The topological polar surface area (TPSA) is 70.7 Å².